The molecule has 0 atom stereocenters. The van der Waals surface area contributed by atoms with Gasteiger partial charge in [0.25, 0.3) is 0 Å². The second-order valence-corrected chi connectivity index (χ2v) is 5.38. The maximum Gasteiger partial charge on any atom is 0.339 e. The van der Waals surface area contributed by atoms with Crippen molar-refractivity contribution < 1.29 is 14.6 Å². The van der Waals surface area contributed by atoms with Gasteiger partial charge in [0.15, 0.2) is 0 Å². The Labute approximate surface area is 146 Å². The Hall–Kier alpha value is -3.51. The molecule has 0 radical (unpaired) electrons. The Morgan fingerprint density at radius 2 is 1.64 bits per heavy atom. The minimum absolute atomic E-state index is 0.102. The summed E-state index contributed by atoms with van der Waals surface area (Å²) >= 11 is 0. The Bertz CT molecular complexity index is 963. The molecule has 0 aliphatic carbocycles. The van der Waals surface area contributed by atoms with Gasteiger partial charge in [-0.1, -0.05) is 60.4 Å². The molecule has 1 N–H and O–H groups in total. The molecular formula is C22H16O3. The van der Waals surface area contributed by atoms with Crippen molar-refractivity contribution in [2.24, 2.45) is 0 Å². The number of rotatable bonds is 3. The molecular weight excluding hydrogens is 312 g/mol. The van der Waals surface area contributed by atoms with Crippen molar-refractivity contribution in [2.45, 2.75) is 0 Å². The van der Waals surface area contributed by atoms with Gasteiger partial charge in [-0.15, -0.1) is 0 Å². The first-order chi connectivity index (χ1) is 12.2. The summed E-state index contributed by atoms with van der Waals surface area (Å²) < 4.78 is 5.07. The summed E-state index contributed by atoms with van der Waals surface area (Å²) in [4.78, 5) is 11.3. The van der Waals surface area contributed by atoms with Gasteiger partial charge in [-0.2, -0.15) is 0 Å². The highest BCUT2D eigenvalue weighted by molar-refractivity contribution is 5.91. The SMILES string of the molecule is COc1ccc(C#Cc2ccccc2-c2ccccc2)cc1C(=O)O. The van der Waals surface area contributed by atoms with Crippen molar-refractivity contribution in [2.75, 3.05) is 7.11 Å². The van der Waals surface area contributed by atoms with E-state index in [1.54, 1.807) is 12.1 Å². The zero-order chi connectivity index (χ0) is 17.6. The van der Waals surface area contributed by atoms with Gasteiger partial charge in [0.2, 0.25) is 0 Å². The van der Waals surface area contributed by atoms with Gasteiger partial charge in [0, 0.05) is 11.1 Å². The highest BCUT2D eigenvalue weighted by Gasteiger charge is 2.10. The molecule has 122 valence electrons. The molecule has 3 nitrogen and oxygen atoms in total. The van der Waals surface area contributed by atoms with Crippen molar-refractivity contribution in [3.05, 3.63) is 89.5 Å². The van der Waals surface area contributed by atoms with Crippen LogP contribution >= 0.6 is 0 Å². The van der Waals surface area contributed by atoms with Crippen LogP contribution in [0.2, 0.25) is 0 Å². The van der Waals surface area contributed by atoms with Gasteiger partial charge >= 0.3 is 5.97 Å². The molecule has 0 saturated carbocycles. The second kappa shape index (κ2) is 7.37. The van der Waals surface area contributed by atoms with E-state index in [0.29, 0.717) is 11.3 Å². The molecule has 0 heterocycles. The summed E-state index contributed by atoms with van der Waals surface area (Å²) in [7, 11) is 1.45. The molecule has 0 bridgehead atoms. The molecule has 3 rings (SSSR count). The number of carboxylic acids is 1. The van der Waals surface area contributed by atoms with Crippen LogP contribution < -0.4 is 4.74 Å². The lowest BCUT2D eigenvalue weighted by molar-refractivity contribution is 0.0693. The molecule has 3 aromatic carbocycles. The molecule has 3 aromatic rings. The minimum Gasteiger partial charge on any atom is -0.496 e. The third-order valence-corrected chi connectivity index (χ3v) is 3.78. The van der Waals surface area contributed by atoms with Crippen molar-refractivity contribution in [1.82, 2.24) is 0 Å². The van der Waals surface area contributed by atoms with Gasteiger partial charge in [0.1, 0.15) is 11.3 Å². The molecule has 0 fully saturated rings. The van der Waals surface area contributed by atoms with E-state index in [1.165, 1.54) is 13.2 Å². The summed E-state index contributed by atoms with van der Waals surface area (Å²) in [5.41, 5.74) is 3.75. The zero-order valence-electron chi connectivity index (χ0n) is 13.7. The first-order valence-electron chi connectivity index (χ1n) is 7.77. The minimum atomic E-state index is -1.04. The lowest BCUT2D eigenvalue weighted by Gasteiger charge is -2.05. The van der Waals surface area contributed by atoms with Crippen molar-refractivity contribution >= 4 is 5.97 Å². The summed E-state index contributed by atoms with van der Waals surface area (Å²) in [6.07, 6.45) is 0. The number of aromatic carboxylic acids is 1. The van der Waals surface area contributed by atoms with E-state index < -0.39 is 5.97 Å². The molecule has 0 amide bonds. The number of hydrogen-bond donors (Lipinski definition) is 1. The molecule has 0 saturated heterocycles. The number of methoxy groups -OCH3 is 1. The van der Waals surface area contributed by atoms with E-state index in [2.05, 4.69) is 11.8 Å². The average Bonchev–Trinajstić information content (AvgIpc) is 2.67. The Kier molecular flexibility index (Phi) is 4.82. The fourth-order valence-electron chi connectivity index (χ4n) is 2.55. The van der Waals surface area contributed by atoms with Crippen LogP contribution in [-0.4, -0.2) is 18.2 Å². The summed E-state index contributed by atoms with van der Waals surface area (Å²) in [6, 6.07) is 22.8. The van der Waals surface area contributed by atoms with E-state index in [4.69, 9.17) is 4.74 Å². The normalized spacial score (nSPS) is 9.80. The lowest BCUT2D eigenvalue weighted by atomic mass is 10.00. The van der Waals surface area contributed by atoms with Gasteiger partial charge in [0.05, 0.1) is 7.11 Å². The quantitative estimate of drug-likeness (QED) is 0.722. The van der Waals surface area contributed by atoms with Gasteiger partial charge in [-0.25, -0.2) is 4.79 Å². The summed E-state index contributed by atoms with van der Waals surface area (Å²) in [5.74, 6) is 5.48. The molecule has 0 unspecified atom stereocenters. The molecule has 3 heteroatoms. The van der Waals surface area contributed by atoms with E-state index in [9.17, 15) is 9.90 Å². The van der Waals surface area contributed by atoms with Crippen LogP contribution in [-0.2, 0) is 0 Å². The predicted octanol–water partition coefficient (Wildman–Crippen LogP) is 4.46. The maximum absolute atomic E-state index is 11.3. The number of carboxylic acid groups (broad SMARTS) is 1. The van der Waals surface area contributed by atoms with E-state index in [0.717, 1.165) is 16.7 Å². The van der Waals surface area contributed by atoms with Gasteiger partial charge < -0.3 is 9.84 Å². The molecule has 0 spiro atoms. The molecule has 0 aliphatic heterocycles. The Morgan fingerprint density at radius 3 is 2.36 bits per heavy atom. The number of carbonyl (C=O) groups is 1. The van der Waals surface area contributed by atoms with Crippen molar-refractivity contribution in [3.8, 4) is 28.7 Å². The monoisotopic (exact) mass is 328 g/mol. The standard InChI is InChI=1S/C22H16O3/c1-25-21-14-12-16(15-20(21)22(23)24)11-13-18-9-5-6-10-19(18)17-7-3-2-4-8-17/h2-10,12,14-15H,1H3,(H,23,24). The zero-order valence-corrected chi connectivity index (χ0v) is 13.7. The van der Waals surface area contributed by atoms with Crippen LogP contribution in [0.15, 0.2) is 72.8 Å². The first-order valence-corrected chi connectivity index (χ1v) is 7.77. The summed E-state index contributed by atoms with van der Waals surface area (Å²) in [5, 5.41) is 9.27. The maximum atomic E-state index is 11.3. The first kappa shape index (κ1) is 16.4. The number of ether oxygens (including phenoxy) is 1. The molecule has 0 aliphatic rings. The van der Waals surface area contributed by atoms with Crippen LogP contribution in [0.5, 0.6) is 5.75 Å². The van der Waals surface area contributed by atoms with Crippen LogP contribution in [0.3, 0.4) is 0 Å². The second-order valence-electron chi connectivity index (χ2n) is 5.38. The van der Waals surface area contributed by atoms with Crippen molar-refractivity contribution in [3.63, 3.8) is 0 Å². The third kappa shape index (κ3) is 3.70. The van der Waals surface area contributed by atoms with Crippen LogP contribution in [0, 0.1) is 11.8 Å². The highest BCUT2D eigenvalue weighted by Crippen LogP contribution is 2.23. The Morgan fingerprint density at radius 1 is 0.920 bits per heavy atom. The summed E-state index contributed by atoms with van der Waals surface area (Å²) in [6.45, 7) is 0. The van der Waals surface area contributed by atoms with Crippen LogP contribution in [0.25, 0.3) is 11.1 Å². The highest BCUT2D eigenvalue weighted by atomic mass is 16.5. The molecule has 25 heavy (non-hydrogen) atoms. The fourth-order valence-corrected chi connectivity index (χ4v) is 2.55. The van der Waals surface area contributed by atoms with Crippen LogP contribution in [0.1, 0.15) is 21.5 Å². The topological polar surface area (TPSA) is 46.5 Å². The number of hydrogen-bond acceptors (Lipinski definition) is 2. The largest absolute Gasteiger partial charge is 0.496 e. The van der Waals surface area contributed by atoms with Crippen LogP contribution in [0.4, 0.5) is 0 Å². The van der Waals surface area contributed by atoms with E-state index in [-0.39, 0.29) is 5.56 Å². The number of benzene rings is 3. The van der Waals surface area contributed by atoms with E-state index in [1.807, 2.05) is 54.6 Å². The predicted molar refractivity (Wildman–Crippen MR) is 97.8 cm³/mol. The lowest BCUT2D eigenvalue weighted by Crippen LogP contribution is -2.00. The smallest absolute Gasteiger partial charge is 0.339 e. The van der Waals surface area contributed by atoms with Gasteiger partial charge in [-0.3, -0.25) is 0 Å². The Balaban J connectivity index is 2.01. The van der Waals surface area contributed by atoms with E-state index >= 15 is 0 Å². The average molecular weight is 328 g/mol. The third-order valence-electron chi connectivity index (χ3n) is 3.78. The van der Waals surface area contributed by atoms with Gasteiger partial charge in [-0.05, 0) is 35.4 Å². The molecule has 0 aromatic heterocycles. The fraction of sp³-hybridized carbons (Fsp3) is 0.0455. The van der Waals surface area contributed by atoms with Crippen molar-refractivity contribution in [1.29, 1.82) is 0 Å².